The lowest BCUT2D eigenvalue weighted by atomic mass is 9.84. The zero-order valence-electron chi connectivity index (χ0n) is 22.1. The fourth-order valence-electron chi connectivity index (χ4n) is 5.17. The van der Waals surface area contributed by atoms with Crippen LogP contribution in [0.5, 0.6) is 5.75 Å². The van der Waals surface area contributed by atoms with Crippen LogP contribution >= 0.6 is 23.2 Å². The summed E-state index contributed by atoms with van der Waals surface area (Å²) in [6.45, 7) is 2.96. The van der Waals surface area contributed by atoms with Gasteiger partial charge in [-0.3, -0.25) is 4.79 Å². The van der Waals surface area contributed by atoms with E-state index >= 15 is 0 Å². The van der Waals surface area contributed by atoms with Crippen LogP contribution in [0.1, 0.15) is 48.3 Å². The molecule has 0 spiro atoms. The number of aliphatic hydroxyl groups is 1. The minimum atomic E-state index is -0.778. The Balaban J connectivity index is 1.40. The first-order chi connectivity index (χ1) is 18.3. The molecule has 1 fully saturated rings. The van der Waals surface area contributed by atoms with E-state index in [0.717, 1.165) is 48.5 Å². The van der Waals surface area contributed by atoms with Crippen LogP contribution in [-0.4, -0.2) is 54.6 Å². The van der Waals surface area contributed by atoms with Crippen LogP contribution in [0.15, 0.2) is 72.8 Å². The molecule has 5 nitrogen and oxygen atoms in total. The maximum Gasteiger partial charge on any atom is 0.223 e. The van der Waals surface area contributed by atoms with E-state index in [2.05, 4.69) is 4.90 Å². The molecular formula is C31H36Cl2N2O3. The van der Waals surface area contributed by atoms with Gasteiger partial charge in [0.15, 0.2) is 0 Å². The van der Waals surface area contributed by atoms with E-state index in [0.29, 0.717) is 35.9 Å². The number of rotatable bonds is 10. The number of carbonyl (C=O) groups excluding carboxylic acids is 1. The highest BCUT2D eigenvalue weighted by atomic mass is 35.5. The highest BCUT2D eigenvalue weighted by Gasteiger charge is 2.34. The van der Waals surface area contributed by atoms with Crippen molar-refractivity contribution in [3.05, 3.63) is 99.5 Å². The van der Waals surface area contributed by atoms with Crippen LogP contribution in [0.2, 0.25) is 10.0 Å². The van der Waals surface area contributed by atoms with E-state index in [-0.39, 0.29) is 11.8 Å². The predicted molar refractivity (Wildman–Crippen MR) is 154 cm³/mol. The van der Waals surface area contributed by atoms with Gasteiger partial charge in [-0.15, -0.1) is 0 Å². The van der Waals surface area contributed by atoms with Gasteiger partial charge in [0, 0.05) is 33.1 Å². The van der Waals surface area contributed by atoms with Gasteiger partial charge in [-0.2, -0.15) is 0 Å². The number of likely N-dealkylation sites (tertiary alicyclic amines) is 1. The molecule has 1 saturated heterocycles. The van der Waals surface area contributed by atoms with Gasteiger partial charge in [0.1, 0.15) is 5.75 Å². The zero-order valence-corrected chi connectivity index (χ0v) is 23.6. The van der Waals surface area contributed by atoms with Crippen molar-refractivity contribution >= 4 is 29.1 Å². The van der Waals surface area contributed by atoms with Crippen molar-refractivity contribution in [3.63, 3.8) is 0 Å². The quantitative estimate of drug-likeness (QED) is 0.310. The maximum absolute atomic E-state index is 13.3. The number of hydrogen-bond acceptors (Lipinski definition) is 4. The van der Waals surface area contributed by atoms with Crippen LogP contribution in [0.25, 0.3) is 0 Å². The molecule has 0 aliphatic carbocycles. The summed E-state index contributed by atoms with van der Waals surface area (Å²) in [7, 11) is 3.48. The molecule has 0 bridgehead atoms. The standard InChI is InChI=1S/C31H36Cl2N2O3/c1-34(22-23-7-6-10-27(19-23)38-2)30(36)21-25(24-11-12-28(32)29(33)20-24)13-16-35-17-14-31(37,15-18-35)26-8-4-3-5-9-26/h3-12,19-20,25,37H,13-18,21-22H2,1-2H3. The van der Waals surface area contributed by atoms with Gasteiger partial charge in [0.05, 0.1) is 22.8 Å². The van der Waals surface area contributed by atoms with Crippen molar-refractivity contribution in [2.45, 2.75) is 43.7 Å². The molecule has 3 aromatic carbocycles. The van der Waals surface area contributed by atoms with Crippen LogP contribution < -0.4 is 4.74 Å². The van der Waals surface area contributed by atoms with Crippen LogP contribution in [0.3, 0.4) is 0 Å². The van der Waals surface area contributed by atoms with E-state index in [1.165, 1.54) is 0 Å². The number of halogens is 2. The largest absolute Gasteiger partial charge is 0.497 e. The summed E-state index contributed by atoms with van der Waals surface area (Å²) in [5, 5.41) is 12.2. The van der Waals surface area contributed by atoms with Crippen LogP contribution in [0, 0.1) is 0 Å². The van der Waals surface area contributed by atoms with E-state index in [1.807, 2.05) is 73.8 Å². The molecule has 202 valence electrons. The summed E-state index contributed by atoms with van der Waals surface area (Å²) >= 11 is 12.5. The fraction of sp³-hybridized carbons (Fsp3) is 0.387. The third-order valence-corrected chi connectivity index (χ3v) is 8.34. The lowest BCUT2D eigenvalue weighted by Gasteiger charge is -2.39. The molecule has 1 aliphatic heterocycles. The van der Waals surface area contributed by atoms with Gasteiger partial charge in [-0.05, 0) is 72.7 Å². The van der Waals surface area contributed by atoms with Gasteiger partial charge in [0.2, 0.25) is 5.91 Å². The van der Waals surface area contributed by atoms with Gasteiger partial charge in [0.25, 0.3) is 0 Å². The lowest BCUT2D eigenvalue weighted by Crippen LogP contribution is -2.43. The number of amides is 1. The fourth-order valence-corrected chi connectivity index (χ4v) is 5.48. The third kappa shape index (κ3) is 7.29. The molecule has 1 N–H and O–H groups in total. The molecule has 0 saturated carbocycles. The topological polar surface area (TPSA) is 53.0 Å². The van der Waals surface area contributed by atoms with E-state index in [1.54, 1.807) is 18.1 Å². The normalized spacial score (nSPS) is 16.1. The molecule has 7 heteroatoms. The maximum atomic E-state index is 13.3. The Morgan fingerprint density at radius 1 is 1.03 bits per heavy atom. The first-order valence-electron chi connectivity index (χ1n) is 13.1. The van der Waals surface area contributed by atoms with Crippen molar-refractivity contribution < 1.29 is 14.6 Å². The molecule has 1 unspecified atom stereocenters. The molecule has 0 radical (unpaired) electrons. The van der Waals surface area contributed by atoms with Crippen LogP contribution in [-0.2, 0) is 16.9 Å². The second-order valence-corrected chi connectivity index (χ2v) is 11.0. The number of nitrogens with zero attached hydrogens (tertiary/aromatic N) is 2. The molecule has 1 amide bonds. The van der Waals surface area contributed by atoms with Gasteiger partial charge < -0.3 is 19.6 Å². The Morgan fingerprint density at radius 3 is 2.45 bits per heavy atom. The molecule has 1 atom stereocenters. The Hall–Kier alpha value is -2.57. The SMILES string of the molecule is COc1cccc(CN(C)C(=O)CC(CCN2CCC(O)(c3ccccc3)CC2)c2ccc(Cl)c(Cl)c2)c1. The van der Waals surface area contributed by atoms with E-state index < -0.39 is 5.60 Å². The van der Waals surface area contributed by atoms with Crippen molar-refractivity contribution in [3.8, 4) is 5.75 Å². The summed E-state index contributed by atoms with van der Waals surface area (Å²) in [4.78, 5) is 17.5. The van der Waals surface area contributed by atoms with Crippen molar-refractivity contribution in [2.24, 2.45) is 0 Å². The number of ether oxygens (including phenoxy) is 1. The molecule has 1 aliphatic rings. The molecule has 1 heterocycles. The number of carbonyl (C=O) groups is 1. The third-order valence-electron chi connectivity index (χ3n) is 7.60. The number of benzene rings is 3. The average molecular weight is 556 g/mol. The zero-order chi connectivity index (χ0) is 27.1. The Bertz CT molecular complexity index is 1210. The number of piperidine rings is 1. The molecule has 38 heavy (non-hydrogen) atoms. The number of methoxy groups -OCH3 is 1. The smallest absolute Gasteiger partial charge is 0.223 e. The summed E-state index contributed by atoms with van der Waals surface area (Å²) in [5.74, 6) is 0.846. The second-order valence-electron chi connectivity index (χ2n) is 10.2. The Morgan fingerprint density at radius 2 is 1.76 bits per heavy atom. The molecule has 4 rings (SSSR count). The minimum Gasteiger partial charge on any atom is -0.497 e. The molecular weight excluding hydrogens is 519 g/mol. The monoisotopic (exact) mass is 554 g/mol. The lowest BCUT2D eigenvalue weighted by molar-refractivity contribution is -0.130. The number of hydrogen-bond donors (Lipinski definition) is 1. The van der Waals surface area contributed by atoms with Crippen molar-refractivity contribution in [1.82, 2.24) is 9.80 Å². The highest BCUT2D eigenvalue weighted by molar-refractivity contribution is 6.42. The highest BCUT2D eigenvalue weighted by Crippen LogP contribution is 2.34. The minimum absolute atomic E-state index is 0.0000373. The van der Waals surface area contributed by atoms with Gasteiger partial charge >= 0.3 is 0 Å². The average Bonchev–Trinajstić information content (AvgIpc) is 2.94. The molecule has 3 aromatic rings. The summed E-state index contributed by atoms with van der Waals surface area (Å²) in [6.07, 6.45) is 2.56. The second kappa shape index (κ2) is 13.0. The van der Waals surface area contributed by atoms with Crippen molar-refractivity contribution in [1.29, 1.82) is 0 Å². The van der Waals surface area contributed by atoms with Crippen molar-refractivity contribution in [2.75, 3.05) is 33.8 Å². The predicted octanol–water partition coefficient (Wildman–Crippen LogP) is 6.51. The van der Waals surface area contributed by atoms with Crippen LogP contribution in [0.4, 0.5) is 0 Å². The van der Waals surface area contributed by atoms with E-state index in [9.17, 15) is 9.90 Å². The van der Waals surface area contributed by atoms with E-state index in [4.69, 9.17) is 27.9 Å². The Labute approximate surface area is 235 Å². The first kappa shape index (κ1) is 28.4. The first-order valence-corrected chi connectivity index (χ1v) is 13.8. The summed E-state index contributed by atoms with van der Waals surface area (Å²) < 4.78 is 5.32. The summed E-state index contributed by atoms with van der Waals surface area (Å²) in [5.41, 5.74) is 2.24. The molecule has 0 aromatic heterocycles. The Kier molecular flexibility index (Phi) is 9.72. The summed E-state index contributed by atoms with van der Waals surface area (Å²) in [6, 6.07) is 23.4. The van der Waals surface area contributed by atoms with Gasteiger partial charge in [-0.1, -0.05) is 71.7 Å². The van der Waals surface area contributed by atoms with Gasteiger partial charge in [-0.25, -0.2) is 0 Å².